The van der Waals surface area contributed by atoms with E-state index in [-0.39, 0.29) is 18.4 Å². The fraction of sp³-hybridized carbons (Fsp3) is 0.231. The van der Waals surface area contributed by atoms with Crippen LogP contribution in [-0.2, 0) is 17.8 Å². The van der Waals surface area contributed by atoms with E-state index in [0.29, 0.717) is 30.1 Å². The number of nitrogens with zero attached hydrogens (tertiary/aromatic N) is 1. The van der Waals surface area contributed by atoms with E-state index in [1.807, 2.05) is 79.4 Å². The van der Waals surface area contributed by atoms with Crippen LogP contribution in [0.3, 0.4) is 0 Å². The molecule has 3 aromatic rings. The maximum Gasteiger partial charge on any atom is 0.262 e. The van der Waals surface area contributed by atoms with Gasteiger partial charge in [-0.1, -0.05) is 30.3 Å². The van der Waals surface area contributed by atoms with E-state index in [9.17, 15) is 9.59 Å². The summed E-state index contributed by atoms with van der Waals surface area (Å²) in [5.41, 5.74) is 5.87. The zero-order chi connectivity index (χ0) is 21.8. The minimum absolute atomic E-state index is 0.0301. The SMILES string of the molecule is Cc1cc(C)cc(OCC(=O)Nc2ccc3c(c2)CN(C(=O)c2ccccc2)CC3)c1. The number of hydrogen-bond donors (Lipinski definition) is 1. The smallest absolute Gasteiger partial charge is 0.262 e. The normalized spacial score (nSPS) is 12.8. The van der Waals surface area contributed by atoms with Crippen LogP contribution in [0.1, 0.15) is 32.6 Å². The second-order valence-corrected chi connectivity index (χ2v) is 7.99. The van der Waals surface area contributed by atoms with Gasteiger partial charge in [0.05, 0.1) is 0 Å². The zero-order valence-corrected chi connectivity index (χ0v) is 17.9. The van der Waals surface area contributed by atoms with Crippen LogP contribution < -0.4 is 10.1 Å². The maximum atomic E-state index is 12.8. The molecule has 0 atom stereocenters. The molecule has 1 N–H and O–H groups in total. The Bertz CT molecular complexity index is 1090. The van der Waals surface area contributed by atoms with Crippen molar-refractivity contribution in [3.8, 4) is 5.75 Å². The Morgan fingerprint density at radius 3 is 2.42 bits per heavy atom. The number of rotatable bonds is 5. The number of amides is 2. The lowest BCUT2D eigenvalue weighted by atomic mass is 9.98. The third-order valence-electron chi connectivity index (χ3n) is 5.38. The summed E-state index contributed by atoms with van der Waals surface area (Å²) in [5, 5.41) is 2.90. The van der Waals surface area contributed by atoms with Crippen molar-refractivity contribution in [2.45, 2.75) is 26.8 Å². The molecule has 3 aromatic carbocycles. The molecule has 0 saturated heterocycles. The lowest BCUT2D eigenvalue weighted by Crippen LogP contribution is -2.36. The highest BCUT2D eigenvalue weighted by atomic mass is 16.5. The molecule has 0 radical (unpaired) electrons. The molecule has 158 valence electrons. The van der Waals surface area contributed by atoms with E-state index in [2.05, 4.69) is 11.4 Å². The zero-order valence-electron chi connectivity index (χ0n) is 17.9. The third kappa shape index (κ3) is 5.12. The Kier molecular flexibility index (Phi) is 6.03. The van der Waals surface area contributed by atoms with Crippen LogP contribution in [0.15, 0.2) is 66.7 Å². The van der Waals surface area contributed by atoms with E-state index in [1.165, 1.54) is 5.56 Å². The number of hydrogen-bond acceptors (Lipinski definition) is 3. The third-order valence-corrected chi connectivity index (χ3v) is 5.38. The summed E-state index contributed by atoms with van der Waals surface area (Å²) in [5.74, 6) is 0.503. The fourth-order valence-corrected chi connectivity index (χ4v) is 3.93. The molecule has 1 heterocycles. The van der Waals surface area contributed by atoms with Crippen LogP contribution in [0.4, 0.5) is 5.69 Å². The standard InChI is InChI=1S/C26H26N2O3/c1-18-12-19(2)14-24(13-18)31-17-25(29)27-23-9-8-20-10-11-28(16-22(20)15-23)26(30)21-6-4-3-5-7-21/h3-9,12-15H,10-11,16-17H2,1-2H3,(H,27,29). The van der Waals surface area contributed by atoms with Gasteiger partial charge in [-0.25, -0.2) is 0 Å². The molecule has 0 aromatic heterocycles. The summed E-state index contributed by atoms with van der Waals surface area (Å²) in [6, 6.07) is 21.1. The van der Waals surface area contributed by atoms with Crippen molar-refractivity contribution in [1.29, 1.82) is 0 Å². The van der Waals surface area contributed by atoms with E-state index in [1.54, 1.807) is 0 Å². The van der Waals surface area contributed by atoms with Gasteiger partial charge in [0, 0.05) is 24.3 Å². The number of benzene rings is 3. The summed E-state index contributed by atoms with van der Waals surface area (Å²) in [6.07, 6.45) is 0.804. The summed E-state index contributed by atoms with van der Waals surface area (Å²) in [7, 11) is 0. The Morgan fingerprint density at radius 1 is 0.935 bits per heavy atom. The van der Waals surface area contributed by atoms with E-state index < -0.39 is 0 Å². The first-order valence-electron chi connectivity index (χ1n) is 10.4. The number of carbonyl (C=O) groups is 2. The van der Waals surface area contributed by atoms with Gasteiger partial charge in [-0.2, -0.15) is 0 Å². The molecular formula is C26H26N2O3. The molecule has 0 spiro atoms. The fourth-order valence-electron chi connectivity index (χ4n) is 3.93. The van der Waals surface area contributed by atoms with Gasteiger partial charge < -0.3 is 15.0 Å². The van der Waals surface area contributed by atoms with Gasteiger partial charge in [0.1, 0.15) is 5.75 Å². The van der Waals surface area contributed by atoms with Crippen molar-refractivity contribution in [2.75, 3.05) is 18.5 Å². The molecule has 2 amide bonds. The number of fused-ring (bicyclic) bond motifs is 1. The first-order valence-corrected chi connectivity index (χ1v) is 10.4. The summed E-state index contributed by atoms with van der Waals surface area (Å²) >= 11 is 0. The van der Waals surface area contributed by atoms with Gasteiger partial charge >= 0.3 is 0 Å². The predicted octanol–water partition coefficient (Wildman–Crippen LogP) is 4.52. The summed E-state index contributed by atoms with van der Waals surface area (Å²) in [4.78, 5) is 27.0. The maximum absolute atomic E-state index is 12.8. The number of anilines is 1. The van der Waals surface area contributed by atoms with Crippen LogP contribution in [0.2, 0.25) is 0 Å². The van der Waals surface area contributed by atoms with Crippen molar-refractivity contribution in [1.82, 2.24) is 4.90 Å². The van der Waals surface area contributed by atoms with Gasteiger partial charge in [-0.15, -0.1) is 0 Å². The van der Waals surface area contributed by atoms with Crippen LogP contribution >= 0.6 is 0 Å². The first-order chi connectivity index (χ1) is 15.0. The molecule has 0 unspecified atom stereocenters. The van der Waals surface area contributed by atoms with E-state index >= 15 is 0 Å². The number of aryl methyl sites for hydroxylation is 2. The lowest BCUT2D eigenvalue weighted by molar-refractivity contribution is -0.118. The highest BCUT2D eigenvalue weighted by Gasteiger charge is 2.22. The molecule has 0 bridgehead atoms. The van der Waals surface area contributed by atoms with Crippen molar-refractivity contribution in [3.63, 3.8) is 0 Å². The summed E-state index contributed by atoms with van der Waals surface area (Å²) < 4.78 is 5.65. The Morgan fingerprint density at radius 2 is 1.68 bits per heavy atom. The molecular weight excluding hydrogens is 388 g/mol. The Hall–Kier alpha value is -3.60. The Labute approximate surface area is 182 Å². The predicted molar refractivity (Wildman–Crippen MR) is 121 cm³/mol. The van der Waals surface area contributed by atoms with Crippen molar-refractivity contribution in [3.05, 3.63) is 94.5 Å². The van der Waals surface area contributed by atoms with Crippen LogP contribution in [0.25, 0.3) is 0 Å². The molecule has 5 heteroatoms. The molecule has 5 nitrogen and oxygen atoms in total. The molecule has 1 aliphatic rings. The van der Waals surface area contributed by atoms with Crippen LogP contribution in [0, 0.1) is 13.8 Å². The van der Waals surface area contributed by atoms with Gasteiger partial charge in [-0.3, -0.25) is 9.59 Å². The van der Waals surface area contributed by atoms with E-state index in [0.717, 1.165) is 23.1 Å². The second kappa shape index (κ2) is 9.04. The lowest BCUT2D eigenvalue weighted by Gasteiger charge is -2.29. The van der Waals surface area contributed by atoms with Gasteiger partial charge in [0.25, 0.3) is 11.8 Å². The molecule has 0 saturated carbocycles. The second-order valence-electron chi connectivity index (χ2n) is 7.99. The van der Waals surface area contributed by atoms with Crippen LogP contribution in [-0.4, -0.2) is 29.9 Å². The number of ether oxygens (including phenoxy) is 1. The molecule has 0 fully saturated rings. The van der Waals surface area contributed by atoms with Crippen molar-refractivity contribution < 1.29 is 14.3 Å². The van der Waals surface area contributed by atoms with Gasteiger partial charge in [0.2, 0.25) is 0 Å². The summed E-state index contributed by atoms with van der Waals surface area (Å²) in [6.45, 7) is 5.17. The average molecular weight is 415 g/mol. The highest BCUT2D eigenvalue weighted by molar-refractivity contribution is 5.94. The molecule has 1 aliphatic heterocycles. The van der Waals surface area contributed by atoms with Crippen molar-refractivity contribution in [2.24, 2.45) is 0 Å². The monoisotopic (exact) mass is 414 g/mol. The first kappa shape index (κ1) is 20.7. The largest absolute Gasteiger partial charge is 0.484 e. The molecule has 31 heavy (non-hydrogen) atoms. The minimum atomic E-state index is -0.216. The minimum Gasteiger partial charge on any atom is -0.484 e. The topological polar surface area (TPSA) is 58.6 Å². The van der Waals surface area contributed by atoms with Crippen LogP contribution in [0.5, 0.6) is 5.75 Å². The van der Waals surface area contributed by atoms with Gasteiger partial charge in [0.15, 0.2) is 6.61 Å². The molecule has 0 aliphatic carbocycles. The van der Waals surface area contributed by atoms with Crippen molar-refractivity contribution >= 4 is 17.5 Å². The molecule has 4 rings (SSSR count). The van der Waals surface area contributed by atoms with Gasteiger partial charge in [-0.05, 0) is 78.9 Å². The number of nitrogens with one attached hydrogen (secondary N) is 1. The average Bonchev–Trinajstić information content (AvgIpc) is 2.77. The van der Waals surface area contributed by atoms with E-state index in [4.69, 9.17) is 4.74 Å². The number of carbonyl (C=O) groups excluding carboxylic acids is 2. The Balaban J connectivity index is 1.39. The highest BCUT2D eigenvalue weighted by Crippen LogP contribution is 2.24. The quantitative estimate of drug-likeness (QED) is 0.668.